The lowest BCUT2D eigenvalue weighted by molar-refractivity contribution is -0.140. The van der Waals surface area contributed by atoms with Gasteiger partial charge in [0, 0.05) is 5.39 Å². The first kappa shape index (κ1) is 15.4. The van der Waals surface area contributed by atoms with Gasteiger partial charge in [-0.25, -0.2) is 0 Å². The van der Waals surface area contributed by atoms with Crippen molar-refractivity contribution in [1.82, 2.24) is 5.32 Å². The number of carbonyl (C=O) groups excluding carboxylic acids is 1. The average Bonchev–Trinajstić information content (AvgIpc) is 3.20. The lowest BCUT2D eigenvalue weighted by Crippen LogP contribution is -2.28. The summed E-state index contributed by atoms with van der Waals surface area (Å²) in [6.07, 6.45) is 0.405. The van der Waals surface area contributed by atoms with Gasteiger partial charge in [-0.3, -0.25) is 9.59 Å². The summed E-state index contributed by atoms with van der Waals surface area (Å²) in [6, 6.07) is 7.17. The van der Waals surface area contributed by atoms with E-state index in [9.17, 15) is 9.59 Å². The topological polar surface area (TPSA) is 88.8 Å². The highest BCUT2D eigenvalue weighted by Crippen LogP contribution is 2.39. The Hall–Kier alpha value is -2.50. The van der Waals surface area contributed by atoms with E-state index in [1.54, 1.807) is 0 Å². The zero-order valence-corrected chi connectivity index (χ0v) is 13.0. The first-order valence-electron chi connectivity index (χ1n) is 7.69. The third kappa shape index (κ3) is 3.02. The van der Waals surface area contributed by atoms with Gasteiger partial charge in [-0.15, -0.1) is 0 Å². The molecule has 0 bridgehead atoms. The van der Waals surface area contributed by atoms with Crippen molar-refractivity contribution in [3.05, 3.63) is 30.0 Å². The van der Waals surface area contributed by atoms with Crippen molar-refractivity contribution in [3.63, 3.8) is 0 Å². The van der Waals surface area contributed by atoms with E-state index in [-0.39, 0.29) is 11.9 Å². The van der Waals surface area contributed by atoms with Crippen LogP contribution < -0.4 is 10.1 Å². The van der Waals surface area contributed by atoms with Crippen molar-refractivity contribution >= 4 is 22.8 Å². The van der Waals surface area contributed by atoms with Gasteiger partial charge in [0.1, 0.15) is 5.76 Å². The van der Waals surface area contributed by atoms with E-state index in [0.717, 1.165) is 5.39 Å². The van der Waals surface area contributed by atoms with E-state index in [0.29, 0.717) is 30.1 Å². The van der Waals surface area contributed by atoms with Crippen molar-refractivity contribution < 1.29 is 23.8 Å². The Kier molecular flexibility index (Phi) is 3.98. The van der Waals surface area contributed by atoms with Gasteiger partial charge >= 0.3 is 5.97 Å². The molecule has 1 fully saturated rings. The highest BCUT2D eigenvalue weighted by molar-refractivity contribution is 5.90. The molecule has 1 aromatic heterocycles. The van der Waals surface area contributed by atoms with E-state index in [1.165, 1.54) is 0 Å². The molecular weight excluding hydrogens is 298 g/mol. The van der Waals surface area contributed by atoms with Gasteiger partial charge < -0.3 is 19.6 Å². The quantitative estimate of drug-likeness (QED) is 0.855. The van der Waals surface area contributed by atoms with Gasteiger partial charge in [0.2, 0.25) is 5.91 Å². The molecule has 0 radical (unpaired) electrons. The Morgan fingerprint density at radius 3 is 2.87 bits per heavy atom. The van der Waals surface area contributed by atoms with Gasteiger partial charge in [-0.1, -0.05) is 12.1 Å². The molecule has 1 amide bonds. The third-order valence-corrected chi connectivity index (χ3v) is 4.06. The van der Waals surface area contributed by atoms with Crippen LogP contribution in [-0.4, -0.2) is 23.6 Å². The number of nitrogens with one attached hydrogen (secondary N) is 1. The largest absolute Gasteiger partial charge is 0.490 e. The lowest BCUT2D eigenvalue weighted by Gasteiger charge is -2.11. The standard InChI is InChI=1S/C17H19NO5/c1-3-22-13-6-4-5-10-7-14(23-15(10)13)9(2)18-16(19)11-8-12(11)17(20)21/h4-7,9,11-12H,3,8H2,1-2H3,(H,18,19)(H,20,21). The molecule has 0 spiro atoms. The summed E-state index contributed by atoms with van der Waals surface area (Å²) in [5.41, 5.74) is 0.653. The van der Waals surface area contributed by atoms with Gasteiger partial charge in [-0.2, -0.15) is 0 Å². The highest BCUT2D eigenvalue weighted by atomic mass is 16.5. The zero-order chi connectivity index (χ0) is 16.6. The van der Waals surface area contributed by atoms with Crippen LogP contribution in [-0.2, 0) is 9.59 Å². The van der Waals surface area contributed by atoms with Crippen LogP contribution in [0.2, 0.25) is 0 Å². The number of amides is 1. The number of hydrogen-bond acceptors (Lipinski definition) is 4. The Bertz CT molecular complexity index is 751. The Morgan fingerprint density at radius 2 is 2.22 bits per heavy atom. The Balaban J connectivity index is 1.74. The lowest BCUT2D eigenvalue weighted by atomic mass is 10.2. The minimum Gasteiger partial charge on any atom is -0.490 e. The summed E-state index contributed by atoms with van der Waals surface area (Å²) in [7, 11) is 0. The number of aliphatic carboxylic acids is 1. The first-order valence-corrected chi connectivity index (χ1v) is 7.69. The second-order valence-corrected chi connectivity index (χ2v) is 5.77. The number of carbonyl (C=O) groups is 2. The van der Waals surface area contributed by atoms with E-state index in [4.69, 9.17) is 14.3 Å². The maximum absolute atomic E-state index is 12.0. The van der Waals surface area contributed by atoms with Crippen LogP contribution in [0, 0.1) is 11.8 Å². The monoisotopic (exact) mass is 317 g/mol. The summed E-state index contributed by atoms with van der Waals surface area (Å²) in [4.78, 5) is 22.9. The second kappa shape index (κ2) is 5.95. The molecule has 2 aromatic rings. The molecule has 1 aliphatic carbocycles. The normalized spacial score (nSPS) is 21.0. The molecule has 1 aliphatic rings. The van der Waals surface area contributed by atoms with Crippen LogP contribution in [0.4, 0.5) is 0 Å². The highest BCUT2D eigenvalue weighted by Gasteiger charge is 2.48. The van der Waals surface area contributed by atoms with Gasteiger partial charge in [0.15, 0.2) is 11.3 Å². The van der Waals surface area contributed by atoms with Crippen LogP contribution in [0.25, 0.3) is 11.0 Å². The molecule has 0 aliphatic heterocycles. The number of furan rings is 1. The van der Waals surface area contributed by atoms with Gasteiger partial charge in [0.05, 0.1) is 24.5 Å². The van der Waals surface area contributed by atoms with Crippen LogP contribution in [0.15, 0.2) is 28.7 Å². The van der Waals surface area contributed by atoms with Crippen molar-refractivity contribution in [2.75, 3.05) is 6.61 Å². The van der Waals surface area contributed by atoms with Crippen molar-refractivity contribution in [2.24, 2.45) is 11.8 Å². The predicted octanol–water partition coefficient (Wildman–Crippen LogP) is 2.73. The summed E-state index contributed by atoms with van der Waals surface area (Å²) >= 11 is 0. The molecule has 1 aromatic carbocycles. The molecule has 3 rings (SSSR count). The number of ether oxygens (including phenoxy) is 1. The smallest absolute Gasteiger partial charge is 0.307 e. The fourth-order valence-electron chi connectivity index (χ4n) is 2.69. The molecule has 0 saturated heterocycles. The van der Waals surface area contributed by atoms with Crippen LogP contribution >= 0.6 is 0 Å². The maximum Gasteiger partial charge on any atom is 0.307 e. The van der Waals surface area contributed by atoms with Crippen molar-refractivity contribution in [2.45, 2.75) is 26.3 Å². The molecule has 1 heterocycles. The first-order chi connectivity index (χ1) is 11.0. The van der Waals surface area contributed by atoms with E-state index in [2.05, 4.69) is 5.32 Å². The molecule has 23 heavy (non-hydrogen) atoms. The molecule has 122 valence electrons. The number of para-hydroxylation sites is 1. The number of rotatable bonds is 6. The fraction of sp³-hybridized carbons (Fsp3) is 0.412. The third-order valence-electron chi connectivity index (χ3n) is 4.06. The maximum atomic E-state index is 12.0. The minimum atomic E-state index is -0.914. The van der Waals surface area contributed by atoms with Crippen molar-refractivity contribution in [1.29, 1.82) is 0 Å². The number of benzene rings is 1. The average molecular weight is 317 g/mol. The summed E-state index contributed by atoms with van der Waals surface area (Å²) in [5.74, 6) is -0.852. The molecule has 2 N–H and O–H groups in total. The van der Waals surface area contributed by atoms with E-state index in [1.807, 2.05) is 38.1 Å². The van der Waals surface area contributed by atoms with Crippen molar-refractivity contribution in [3.8, 4) is 5.75 Å². The second-order valence-electron chi connectivity index (χ2n) is 5.77. The van der Waals surface area contributed by atoms with Crippen LogP contribution in [0.5, 0.6) is 5.75 Å². The summed E-state index contributed by atoms with van der Waals surface area (Å²) in [5, 5.41) is 12.6. The minimum absolute atomic E-state index is 0.240. The molecule has 6 nitrogen and oxygen atoms in total. The predicted molar refractivity (Wildman–Crippen MR) is 83.2 cm³/mol. The van der Waals surface area contributed by atoms with E-state index >= 15 is 0 Å². The summed E-state index contributed by atoms with van der Waals surface area (Å²) < 4.78 is 11.4. The molecular formula is C17H19NO5. The molecule has 3 unspecified atom stereocenters. The van der Waals surface area contributed by atoms with E-state index < -0.39 is 17.8 Å². The SMILES string of the molecule is CCOc1cccc2cc(C(C)NC(=O)C3CC3C(=O)O)oc12. The Labute approximate surface area is 133 Å². The summed E-state index contributed by atoms with van der Waals surface area (Å²) in [6.45, 7) is 4.26. The number of carboxylic acid groups (broad SMARTS) is 1. The van der Waals surface area contributed by atoms with Crippen LogP contribution in [0.1, 0.15) is 32.1 Å². The molecule has 1 saturated carbocycles. The number of hydrogen-bond donors (Lipinski definition) is 2. The number of fused-ring (bicyclic) bond motifs is 1. The van der Waals surface area contributed by atoms with Gasteiger partial charge in [-0.05, 0) is 32.4 Å². The fourth-order valence-corrected chi connectivity index (χ4v) is 2.69. The molecule has 3 atom stereocenters. The number of carboxylic acids is 1. The molecule has 6 heteroatoms. The Morgan fingerprint density at radius 1 is 1.43 bits per heavy atom. The van der Waals surface area contributed by atoms with Crippen LogP contribution in [0.3, 0.4) is 0 Å². The zero-order valence-electron chi connectivity index (χ0n) is 13.0. The van der Waals surface area contributed by atoms with Gasteiger partial charge in [0.25, 0.3) is 0 Å².